The number of aromatic hydroxyl groups is 1. The van der Waals surface area contributed by atoms with E-state index in [1.807, 2.05) is 16.8 Å². The summed E-state index contributed by atoms with van der Waals surface area (Å²) in [7, 11) is 0. The van der Waals surface area contributed by atoms with Crippen LogP contribution in [0.5, 0.6) is 5.88 Å². The van der Waals surface area contributed by atoms with Gasteiger partial charge in [0.2, 0.25) is 5.88 Å². The van der Waals surface area contributed by atoms with E-state index in [0.29, 0.717) is 5.01 Å². The molecule has 2 aromatic heterocycles. The second kappa shape index (κ2) is 4.63. The zero-order valence-electron chi connectivity index (χ0n) is 8.47. The van der Waals surface area contributed by atoms with E-state index in [0.717, 1.165) is 16.9 Å². The zero-order valence-corrected chi connectivity index (χ0v) is 10.1. The third-order valence-corrected chi connectivity index (χ3v) is 3.60. The zero-order chi connectivity index (χ0) is 11.5. The number of carbonyl (C=O) groups excluding carboxylic acids is 1. The van der Waals surface area contributed by atoms with E-state index in [4.69, 9.17) is 4.74 Å². The van der Waals surface area contributed by atoms with E-state index in [2.05, 4.69) is 4.98 Å². The van der Waals surface area contributed by atoms with Crippen molar-refractivity contribution >= 4 is 28.6 Å². The minimum absolute atomic E-state index is 0.156. The van der Waals surface area contributed by atoms with Crippen molar-refractivity contribution in [2.45, 2.75) is 6.92 Å². The number of carbonyl (C=O) groups is 1. The van der Waals surface area contributed by atoms with Crippen LogP contribution in [0.2, 0.25) is 0 Å². The maximum atomic E-state index is 11.4. The molecule has 0 aliphatic heterocycles. The number of nitrogens with zero attached hydrogens (tertiary/aromatic N) is 1. The van der Waals surface area contributed by atoms with Crippen LogP contribution in [-0.2, 0) is 4.74 Å². The molecule has 0 saturated heterocycles. The van der Waals surface area contributed by atoms with Gasteiger partial charge in [-0.2, -0.15) is 11.3 Å². The molecule has 0 atom stereocenters. The van der Waals surface area contributed by atoms with Crippen LogP contribution in [-0.4, -0.2) is 22.7 Å². The summed E-state index contributed by atoms with van der Waals surface area (Å²) in [5, 5.41) is 14.0. The van der Waals surface area contributed by atoms with Crippen molar-refractivity contribution in [3.05, 3.63) is 21.7 Å². The number of esters is 1. The fraction of sp³-hybridized carbons (Fsp3) is 0.200. The highest BCUT2D eigenvalue weighted by Crippen LogP contribution is 2.33. The highest BCUT2D eigenvalue weighted by molar-refractivity contribution is 7.17. The van der Waals surface area contributed by atoms with E-state index >= 15 is 0 Å². The Hall–Kier alpha value is -1.40. The van der Waals surface area contributed by atoms with Crippen LogP contribution in [0.1, 0.15) is 16.6 Å². The van der Waals surface area contributed by atoms with Crippen LogP contribution in [0.4, 0.5) is 0 Å². The Bertz CT molecular complexity index is 490. The number of hydrogen-bond acceptors (Lipinski definition) is 6. The summed E-state index contributed by atoms with van der Waals surface area (Å²) in [5.41, 5.74) is 0.904. The molecule has 0 amide bonds. The topological polar surface area (TPSA) is 59.4 Å². The largest absolute Gasteiger partial charge is 0.492 e. The Labute approximate surface area is 100 Å². The Morgan fingerprint density at radius 1 is 1.62 bits per heavy atom. The van der Waals surface area contributed by atoms with Gasteiger partial charge in [0.15, 0.2) is 4.88 Å². The van der Waals surface area contributed by atoms with Crippen molar-refractivity contribution < 1.29 is 14.6 Å². The summed E-state index contributed by atoms with van der Waals surface area (Å²) in [4.78, 5) is 15.5. The van der Waals surface area contributed by atoms with Crippen LogP contribution in [0.3, 0.4) is 0 Å². The van der Waals surface area contributed by atoms with Gasteiger partial charge < -0.3 is 9.84 Å². The average molecular weight is 255 g/mol. The molecule has 2 heterocycles. The second-order valence-corrected chi connectivity index (χ2v) is 4.68. The van der Waals surface area contributed by atoms with Gasteiger partial charge in [-0.25, -0.2) is 9.78 Å². The number of thiazole rings is 1. The summed E-state index contributed by atoms with van der Waals surface area (Å²) in [6.07, 6.45) is 0. The first-order chi connectivity index (χ1) is 7.72. The summed E-state index contributed by atoms with van der Waals surface area (Å²) < 4.78 is 4.81. The Morgan fingerprint density at radius 3 is 3.06 bits per heavy atom. The normalized spacial score (nSPS) is 10.3. The van der Waals surface area contributed by atoms with Gasteiger partial charge in [0.1, 0.15) is 5.01 Å². The van der Waals surface area contributed by atoms with E-state index in [1.54, 1.807) is 6.92 Å². The summed E-state index contributed by atoms with van der Waals surface area (Å²) in [6, 6.07) is 1.89. The molecule has 4 nitrogen and oxygen atoms in total. The minimum atomic E-state index is -0.529. The lowest BCUT2D eigenvalue weighted by atomic mass is 10.4. The molecule has 0 aliphatic carbocycles. The molecular formula is C10H9NO3S2. The molecule has 84 valence electrons. The number of ether oxygens (including phenoxy) is 1. The molecule has 0 spiro atoms. The fourth-order valence-corrected chi connectivity index (χ4v) is 2.72. The lowest BCUT2D eigenvalue weighted by Crippen LogP contribution is -2.02. The lowest BCUT2D eigenvalue weighted by Gasteiger charge is -1.96. The first kappa shape index (κ1) is 11.1. The molecule has 0 saturated carbocycles. The van der Waals surface area contributed by atoms with Crippen molar-refractivity contribution in [1.29, 1.82) is 0 Å². The van der Waals surface area contributed by atoms with Gasteiger partial charge >= 0.3 is 5.97 Å². The molecule has 6 heteroatoms. The van der Waals surface area contributed by atoms with Crippen molar-refractivity contribution in [2.24, 2.45) is 0 Å². The Balaban J connectivity index is 2.32. The number of aromatic nitrogens is 1. The highest BCUT2D eigenvalue weighted by Gasteiger charge is 2.19. The van der Waals surface area contributed by atoms with Gasteiger partial charge in [0.25, 0.3) is 0 Å². The SMILES string of the molecule is CCOC(=O)c1sc(-c2ccsc2)nc1O. The molecule has 16 heavy (non-hydrogen) atoms. The second-order valence-electron chi connectivity index (χ2n) is 2.90. The van der Waals surface area contributed by atoms with Gasteiger partial charge in [0, 0.05) is 10.9 Å². The first-order valence-electron chi connectivity index (χ1n) is 4.62. The maximum Gasteiger partial charge on any atom is 0.353 e. The molecule has 0 aliphatic rings. The maximum absolute atomic E-state index is 11.4. The molecule has 1 N–H and O–H groups in total. The van der Waals surface area contributed by atoms with Crippen LogP contribution in [0.25, 0.3) is 10.6 Å². The van der Waals surface area contributed by atoms with Crippen LogP contribution < -0.4 is 0 Å². The molecule has 2 rings (SSSR count). The number of thiophene rings is 1. The van der Waals surface area contributed by atoms with Gasteiger partial charge in [-0.05, 0) is 18.4 Å². The van der Waals surface area contributed by atoms with Crippen LogP contribution in [0, 0.1) is 0 Å². The van der Waals surface area contributed by atoms with Crippen molar-refractivity contribution in [1.82, 2.24) is 4.98 Å². The molecule has 0 bridgehead atoms. The molecule has 0 fully saturated rings. The van der Waals surface area contributed by atoms with E-state index < -0.39 is 5.97 Å². The van der Waals surface area contributed by atoms with Crippen molar-refractivity contribution in [3.8, 4) is 16.5 Å². The summed E-state index contributed by atoms with van der Waals surface area (Å²) >= 11 is 2.67. The molecule has 0 radical (unpaired) electrons. The van der Waals surface area contributed by atoms with E-state index in [1.165, 1.54) is 11.3 Å². The third kappa shape index (κ3) is 2.07. The smallest absolute Gasteiger partial charge is 0.353 e. The van der Waals surface area contributed by atoms with Crippen molar-refractivity contribution in [3.63, 3.8) is 0 Å². The van der Waals surface area contributed by atoms with Crippen LogP contribution >= 0.6 is 22.7 Å². The van der Waals surface area contributed by atoms with Gasteiger partial charge in [0.05, 0.1) is 6.61 Å². The van der Waals surface area contributed by atoms with Crippen LogP contribution in [0.15, 0.2) is 16.8 Å². The molecular weight excluding hydrogens is 246 g/mol. The Morgan fingerprint density at radius 2 is 2.44 bits per heavy atom. The Kier molecular flexibility index (Phi) is 3.21. The van der Waals surface area contributed by atoms with Gasteiger partial charge in [-0.15, -0.1) is 11.3 Å². The minimum Gasteiger partial charge on any atom is -0.492 e. The monoisotopic (exact) mass is 255 g/mol. The standard InChI is InChI=1S/C10H9NO3S2/c1-2-14-10(13)7-8(12)11-9(16-7)6-3-4-15-5-6/h3-5,12H,2H2,1H3. The number of rotatable bonds is 3. The average Bonchev–Trinajstić information content (AvgIpc) is 2.86. The molecule has 2 aromatic rings. The molecule has 0 unspecified atom stereocenters. The predicted octanol–water partition coefficient (Wildman–Crippen LogP) is 2.75. The molecule has 0 aromatic carbocycles. The summed E-state index contributed by atoms with van der Waals surface area (Å²) in [6.45, 7) is 2.00. The van der Waals surface area contributed by atoms with Crippen molar-refractivity contribution in [2.75, 3.05) is 6.61 Å². The fourth-order valence-electron chi connectivity index (χ4n) is 1.15. The predicted molar refractivity (Wildman–Crippen MR) is 63.0 cm³/mol. The van der Waals surface area contributed by atoms with E-state index in [-0.39, 0.29) is 17.4 Å². The highest BCUT2D eigenvalue weighted by atomic mass is 32.1. The van der Waals surface area contributed by atoms with Gasteiger partial charge in [-0.1, -0.05) is 0 Å². The van der Waals surface area contributed by atoms with Gasteiger partial charge in [-0.3, -0.25) is 0 Å². The quantitative estimate of drug-likeness (QED) is 0.857. The number of hydrogen-bond donors (Lipinski definition) is 1. The van der Waals surface area contributed by atoms with E-state index in [9.17, 15) is 9.90 Å². The third-order valence-electron chi connectivity index (χ3n) is 1.84. The summed E-state index contributed by atoms with van der Waals surface area (Å²) in [5.74, 6) is -0.788. The first-order valence-corrected chi connectivity index (χ1v) is 6.37. The lowest BCUT2D eigenvalue weighted by molar-refractivity contribution is 0.0528.